The maximum Gasteiger partial charge on any atom is 0.160 e. The first-order chi connectivity index (χ1) is 17.2. The van der Waals surface area contributed by atoms with Gasteiger partial charge < -0.3 is 18.9 Å². The van der Waals surface area contributed by atoms with Gasteiger partial charge in [0.05, 0.1) is 0 Å². The summed E-state index contributed by atoms with van der Waals surface area (Å²) in [6, 6.07) is 0. The van der Waals surface area contributed by atoms with Crippen molar-refractivity contribution < 1.29 is 18.9 Å². The van der Waals surface area contributed by atoms with Crippen molar-refractivity contribution in [3.8, 4) is 0 Å². The molecule has 2 atom stereocenters. The van der Waals surface area contributed by atoms with Crippen molar-refractivity contribution >= 4 is 0 Å². The molecule has 212 valence electrons. The largest absolute Gasteiger partial charge is 0.353 e. The van der Waals surface area contributed by atoms with Gasteiger partial charge in [-0.25, -0.2) is 0 Å². The number of rotatable bonds is 28. The molecule has 4 nitrogen and oxygen atoms in total. The molecule has 0 aromatic rings. The Balaban J connectivity index is 5.11. The minimum Gasteiger partial charge on any atom is -0.353 e. The summed E-state index contributed by atoms with van der Waals surface area (Å²) >= 11 is 0. The van der Waals surface area contributed by atoms with Crippen molar-refractivity contribution in [1.29, 1.82) is 0 Å². The third-order valence-electron chi connectivity index (χ3n) is 7.06. The Morgan fingerprint density at radius 3 is 0.943 bits per heavy atom. The van der Waals surface area contributed by atoms with Crippen molar-refractivity contribution in [2.24, 2.45) is 11.8 Å². The number of hydrogen-bond acceptors (Lipinski definition) is 4. The molecule has 4 heteroatoms. The quantitative estimate of drug-likeness (QED) is 0.0791. The van der Waals surface area contributed by atoms with E-state index in [-0.39, 0.29) is 12.6 Å². The highest BCUT2D eigenvalue weighted by atomic mass is 16.7. The lowest BCUT2D eigenvalue weighted by Gasteiger charge is -2.33. The molecule has 0 radical (unpaired) electrons. The van der Waals surface area contributed by atoms with Crippen LogP contribution >= 0.6 is 0 Å². The van der Waals surface area contributed by atoms with E-state index in [1.54, 1.807) is 0 Å². The van der Waals surface area contributed by atoms with E-state index in [1.165, 1.54) is 89.9 Å². The molecular weight excluding hydrogens is 436 g/mol. The molecule has 2 unspecified atom stereocenters. The van der Waals surface area contributed by atoms with Crippen LogP contribution in [0.15, 0.2) is 0 Å². The molecular formula is C31H64O4. The molecule has 0 amide bonds. The van der Waals surface area contributed by atoms with Gasteiger partial charge in [-0.05, 0) is 47.0 Å². The van der Waals surface area contributed by atoms with E-state index >= 15 is 0 Å². The van der Waals surface area contributed by atoms with E-state index in [1.807, 2.05) is 0 Å². The van der Waals surface area contributed by atoms with Crippen LogP contribution in [0.3, 0.4) is 0 Å². The normalized spacial score (nSPS) is 13.7. The Labute approximate surface area is 220 Å². The minimum absolute atomic E-state index is 0.120. The molecule has 0 aliphatic heterocycles. The van der Waals surface area contributed by atoms with Crippen molar-refractivity contribution in [1.82, 2.24) is 0 Å². The van der Waals surface area contributed by atoms with Crippen LogP contribution in [0.2, 0.25) is 0 Å². The zero-order valence-electron chi connectivity index (χ0n) is 24.8. The van der Waals surface area contributed by atoms with E-state index in [0.717, 1.165) is 19.3 Å². The van der Waals surface area contributed by atoms with Crippen LogP contribution in [0.25, 0.3) is 0 Å². The molecule has 35 heavy (non-hydrogen) atoms. The molecule has 0 aliphatic carbocycles. The third kappa shape index (κ3) is 19.6. The SMILES string of the molecule is CCCCCCCCCC(CC(CCCCCCCCC)C(OCC)OCC)C(OCC)OCC. The Hall–Kier alpha value is -0.160. The monoisotopic (exact) mass is 500 g/mol. The summed E-state index contributed by atoms with van der Waals surface area (Å²) in [4.78, 5) is 0. The Morgan fingerprint density at radius 2 is 0.657 bits per heavy atom. The molecule has 0 heterocycles. The Morgan fingerprint density at radius 1 is 0.371 bits per heavy atom. The highest BCUT2D eigenvalue weighted by Gasteiger charge is 2.30. The first-order valence-corrected chi connectivity index (χ1v) is 15.6. The summed E-state index contributed by atoms with van der Waals surface area (Å²) in [5.41, 5.74) is 0. The molecule has 0 aromatic heterocycles. The Bertz CT molecular complexity index is 355. The van der Waals surface area contributed by atoms with Gasteiger partial charge in [0, 0.05) is 38.3 Å². The van der Waals surface area contributed by atoms with E-state index in [4.69, 9.17) is 18.9 Å². The van der Waals surface area contributed by atoms with Crippen molar-refractivity contribution in [3.63, 3.8) is 0 Å². The second-order valence-corrected chi connectivity index (χ2v) is 10.1. The summed E-state index contributed by atoms with van der Waals surface area (Å²) in [7, 11) is 0. The standard InChI is InChI=1S/C31H64O4/c1-7-13-15-17-19-21-23-25-28(30(32-9-3)33-10-4)27-29(31(34-11-5)35-12-6)26-24-22-20-18-16-14-8-2/h28-31H,7-27H2,1-6H3. The van der Waals surface area contributed by atoms with Gasteiger partial charge in [0.2, 0.25) is 0 Å². The molecule has 0 spiro atoms. The topological polar surface area (TPSA) is 36.9 Å². The van der Waals surface area contributed by atoms with E-state index in [9.17, 15) is 0 Å². The van der Waals surface area contributed by atoms with E-state index in [2.05, 4.69) is 41.5 Å². The molecule has 0 aromatic carbocycles. The second kappa shape index (κ2) is 26.9. The first kappa shape index (κ1) is 34.8. The maximum atomic E-state index is 6.13. The summed E-state index contributed by atoms with van der Waals surface area (Å²) < 4.78 is 24.5. The number of unbranched alkanes of at least 4 members (excludes halogenated alkanes) is 12. The fourth-order valence-electron chi connectivity index (χ4n) is 5.14. The van der Waals surface area contributed by atoms with E-state index in [0.29, 0.717) is 38.3 Å². The molecule has 0 rings (SSSR count). The highest BCUT2D eigenvalue weighted by Crippen LogP contribution is 2.32. The summed E-state index contributed by atoms with van der Waals surface area (Å²) in [5, 5.41) is 0. The number of ether oxygens (including phenoxy) is 4. The summed E-state index contributed by atoms with van der Waals surface area (Å²) in [5.74, 6) is 0.784. The van der Waals surface area contributed by atoms with Crippen LogP contribution in [-0.4, -0.2) is 39.0 Å². The summed E-state index contributed by atoms with van der Waals surface area (Å²) in [6.45, 7) is 15.7. The molecule has 0 saturated heterocycles. The smallest absolute Gasteiger partial charge is 0.160 e. The van der Waals surface area contributed by atoms with Crippen molar-refractivity contribution in [3.05, 3.63) is 0 Å². The van der Waals surface area contributed by atoms with Gasteiger partial charge in [-0.1, -0.05) is 104 Å². The van der Waals surface area contributed by atoms with Gasteiger partial charge in [0.1, 0.15) is 0 Å². The van der Waals surface area contributed by atoms with Gasteiger partial charge in [0.25, 0.3) is 0 Å². The van der Waals surface area contributed by atoms with Gasteiger partial charge in [-0.2, -0.15) is 0 Å². The molecule has 0 aliphatic rings. The van der Waals surface area contributed by atoms with Gasteiger partial charge in [-0.3, -0.25) is 0 Å². The Kier molecular flexibility index (Phi) is 26.8. The van der Waals surface area contributed by atoms with Gasteiger partial charge in [0.15, 0.2) is 12.6 Å². The fourth-order valence-corrected chi connectivity index (χ4v) is 5.14. The zero-order chi connectivity index (χ0) is 26.0. The predicted molar refractivity (Wildman–Crippen MR) is 151 cm³/mol. The first-order valence-electron chi connectivity index (χ1n) is 15.6. The van der Waals surface area contributed by atoms with Crippen LogP contribution in [0.1, 0.15) is 151 Å². The fraction of sp³-hybridized carbons (Fsp3) is 1.00. The van der Waals surface area contributed by atoms with Crippen LogP contribution in [0.5, 0.6) is 0 Å². The maximum absolute atomic E-state index is 6.13. The highest BCUT2D eigenvalue weighted by molar-refractivity contribution is 4.74. The van der Waals surface area contributed by atoms with Gasteiger partial charge >= 0.3 is 0 Å². The molecule has 0 N–H and O–H groups in total. The number of hydrogen-bond donors (Lipinski definition) is 0. The average Bonchev–Trinajstić information content (AvgIpc) is 2.85. The van der Waals surface area contributed by atoms with Crippen molar-refractivity contribution in [2.45, 2.75) is 163 Å². The van der Waals surface area contributed by atoms with Crippen LogP contribution in [-0.2, 0) is 18.9 Å². The summed E-state index contributed by atoms with van der Waals surface area (Å²) in [6.07, 6.45) is 21.9. The molecule has 0 fully saturated rings. The zero-order valence-corrected chi connectivity index (χ0v) is 24.8. The van der Waals surface area contributed by atoms with Crippen LogP contribution in [0.4, 0.5) is 0 Å². The molecule has 0 bridgehead atoms. The van der Waals surface area contributed by atoms with Crippen LogP contribution < -0.4 is 0 Å². The lowest BCUT2D eigenvalue weighted by Crippen LogP contribution is -2.34. The third-order valence-corrected chi connectivity index (χ3v) is 7.06. The second-order valence-electron chi connectivity index (χ2n) is 10.1. The van der Waals surface area contributed by atoms with Crippen molar-refractivity contribution in [2.75, 3.05) is 26.4 Å². The molecule has 0 saturated carbocycles. The predicted octanol–water partition coefficient (Wildman–Crippen LogP) is 9.69. The lowest BCUT2D eigenvalue weighted by atomic mass is 9.85. The lowest BCUT2D eigenvalue weighted by molar-refractivity contribution is -0.196. The van der Waals surface area contributed by atoms with Gasteiger partial charge in [-0.15, -0.1) is 0 Å². The van der Waals surface area contributed by atoms with E-state index < -0.39 is 0 Å². The van der Waals surface area contributed by atoms with Crippen LogP contribution in [0, 0.1) is 11.8 Å². The average molecular weight is 501 g/mol. The minimum atomic E-state index is -0.120.